The molecule has 0 aliphatic rings. The Morgan fingerprint density at radius 3 is 2.35 bits per heavy atom. The van der Waals surface area contributed by atoms with Crippen LogP contribution in [0.3, 0.4) is 0 Å². The smallest absolute Gasteiger partial charge is 0.139 e. The van der Waals surface area contributed by atoms with Crippen LogP contribution in [0.25, 0.3) is 0 Å². The van der Waals surface area contributed by atoms with Gasteiger partial charge in [-0.2, -0.15) is 5.26 Å². The predicted octanol–water partition coefficient (Wildman–Crippen LogP) is 1.69. The molecule has 4 nitrogen and oxygen atoms in total. The van der Waals surface area contributed by atoms with Gasteiger partial charge in [0.2, 0.25) is 0 Å². The van der Waals surface area contributed by atoms with E-state index < -0.39 is 5.72 Å². The minimum atomic E-state index is -1.20. The van der Waals surface area contributed by atoms with Crippen LogP contribution in [0.1, 0.15) is 38.8 Å². The molecule has 0 heterocycles. The van der Waals surface area contributed by atoms with Gasteiger partial charge >= 0.3 is 0 Å². The van der Waals surface area contributed by atoms with Gasteiger partial charge in [0.05, 0.1) is 5.56 Å². The summed E-state index contributed by atoms with van der Waals surface area (Å²) in [4.78, 5) is 0. The molecule has 0 aromatic heterocycles. The SMILES string of the molecule is CC(C)(C)NC(C)(O)c1ccc(N)c(C#N)c1. The van der Waals surface area contributed by atoms with Crippen molar-refractivity contribution in [3.63, 3.8) is 0 Å². The van der Waals surface area contributed by atoms with Gasteiger partial charge < -0.3 is 10.8 Å². The second-order valence-electron chi connectivity index (χ2n) is 5.36. The third-order valence-electron chi connectivity index (χ3n) is 2.35. The van der Waals surface area contributed by atoms with Crippen molar-refractivity contribution < 1.29 is 5.11 Å². The van der Waals surface area contributed by atoms with Crippen LogP contribution >= 0.6 is 0 Å². The van der Waals surface area contributed by atoms with Crippen molar-refractivity contribution in [2.75, 3.05) is 5.73 Å². The normalized spacial score (nSPS) is 15.1. The number of nitrogens with one attached hydrogen (secondary N) is 1. The Balaban J connectivity index is 3.12. The van der Waals surface area contributed by atoms with Crippen LogP contribution in [-0.4, -0.2) is 10.6 Å². The first-order chi connectivity index (χ1) is 7.65. The second-order valence-corrected chi connectivity index (χ2v) is 5.36. The van der Waals surface area contributed by atoms with E-state index in [0.717, 1.165) is 0 Å². The highest BCUT2D eigenvalue weighted by atomic mass is 16.3. The number of rotatable bonds is 2. The fourth-order valence-electron chi connectivity index (χ4n) is 1.76. The molecule has 0 aliphatic carbocycles. The van der Waals surface area contributed by atoms with Crippen molar-refractivity contribution in [3.8, 4) is 6.07 Å². The van der Waals surface area contributed by atoms with E-state index in [4.69, 9.17) is 11.0 Å². The summed E-state index contributed by atoms with van der Waals surface area (Å²) < 4.78 is 0. The molecular weight excluding hydrogens is 214 g/mol. The molecule has 0 amide bonds. The Labute approximate surface area is 102 Å². The number of nitrogens with zero attached hydrogens (tertiary/aromatic N) is 1. The van der Waals surface area contributed by atoms with E-state index in [1.54, 1.807) is 25.1 Å². The van der Waals surface area contributed by atoms with Crippen molar-refractivity contribution in [3.05, 3.63) is 29.3 Å². The van der Waals surface area contributed by atoms with Crippen molar-refractivity contribution in [1.82, 2.24) is 5.32 Å². The van der Waals surface area contributed by atoms with Crippen LogP contribution in [0, 0.1) is 11.3 Å². The first-order valence-corrected chi connectivity index (χ1v) is 5.47. The highest BCUT2D eigenvalue weighted by Gasteiger charge is 2.28. The Morgan fingerprint density at radius 2 is 1.88 bits per heavy atom. The first-order valence-electron chi connectivity index (χ1n) is 5.47. The maximum Gasteiger partial charge on any atom is 0.139 e. The maximum absolute atomic E-state index is 10.4. The van der Waals surface area contributed by atoms with Crippen molar-refractivity contribution in [2.24, 2.45) is 0 Å². The zero-order valence-electron chi connectivity index (χ0n) is 10.7. The Kier molecular flexibility index (Phi) is 3.46. The van der Waals surface area contributed by atoms with Gasteiger partial charge in [-0.15, -0.1) is 0 Å². The molecule has 1 atom stereocenters. The standard InChI is InChI=1S/C13H19N3O/c1-12(2,3)16-13(4,17)10-5-6-11(15)9(7-10)8-14/h5-7,16-17H,15H2,1-4H3. The van der Waals surface area contributed by atoms with E-state index in [-0.39, 0.29) is 5.54 Å². The van der Waals surface area contributed by atoms with Crippen LogP contribution < -0.4 is 11.1 Å². The van der Waals surface area contributed by atoms with E-state index >= 15 is 0 Å². The molecule has 0 bridgehead atoms. The molecule has 4 heteroatoms. The van der Waals surface area contributed by atoms with Gasteiger partial charge in [0, 0.05) is 11.2 Å². The molecule has 17 heavy (non-hydrogen) atoms. The lowest BCUT2D eigenvalue weighted by Crippen LogP contribution is -2.50. The Morgan fingerprint density at radius 1 is 1.29 bits per heavy atom. The average molecular weight is 233 g/mol. The first kappa shape index (κ1) is 13.5. The molecule has 0 saturated heterocycles. The number of hydrogen-bond acceptors (Lipinski definition) is 4. The summed E-state index contributed by atoms with van der Waals surface area (Å²) in [6, 6.07) is 6.96. The Bertz CT molecular complexity index is 453. The highest BCUT2D eigenvalue weighted by molar-refractivity contribution is 5.55. The molecule has 1 aromatic rings. The molecule has 1 unspecified atom stereocenters. The molecule has 0 radical (unpaired) electrons. The highest BCUT2D eigenvalue weighted by Crippen LogP contribution is 2.24. The predicted molar refractivity (Wildman–Crippen MR) is 68.0 cm³/mol. The number of aliphatic hydroxyl groups is 1. The van der Waals surface area contributed by atoms with E-state index in [1.165, 1.54) is 0 Å². The van der Waals surface area contributed by atoms with Crippen molar-refractivity contribution >= 4 is 5.69 Å². The van der Waals surface area contributed by atoms with E-state index in [9.17, 15) is 5.11 Å². The molecule has 1 aromatic carbocycles. The lowest BCUT2D eigenvalue weighted by Gasteiger charge is -2.34. The van der Waals surface area contributed by atoms with Gasteiger partial charge in [0.1, 0.15) is 11.8 Å². The molecule has 4 N–H and O–H groups in total. The number of anilines is 1. The zero-order chi connectivity index (χ0) is 13.3. The van der Waals surface area contributed by atoms with Crippen LogP contribution in [0.2, 0.25) is 0 Å². The number of nitriles is 1. The van der Waals surface area contributed by atoms with Crippen molar-refractivity contribution in [1.29, 1.82) is 5.26 Å². The largest absolute Gasteiger partial charge is 0.398 e. The molecule has 0 saturated carbocycles. The van der Waals surface area contributed by atoms with Gasteiger partial charge in [-0.25, -0.2) is 0 Å². The lowest BCUT2D eigenvalue weighted by molar-refractivity contribution is -0.00417. The van der Waals surface area contributed by atoms with Gasteiger partial charge in [0.15, 0.2) is 0 Å². The summed E-state index contributed by atoms with van der Waals surface area (Å²) in [7, 11) is 0. The number of nitrogen functional groups attached to an aromatic ring is 1. The molecule has 0 aliphatic heterocycles. The minimum Gasteiger partial charge on any atom is -0.398 e. The molecule has 0 fully saturated rings. The second kappa shape index (κ2) is 4.36. The summed E-state index contributed by atoms with van der Waals surface area (Å²) in [5.74, 6) is 0. The molecule has 1 rings (SSSR count). The summed E-state index contributed by atoms with van der Waals surface area (Å²) in [5.41, 5.74) is 5.63. The fourth-order valence-corrected chi connectivity index (χ4v) is 1.76. The maximum atomic E-state index is 10.4. The topological polar surface area (TPSA) is 82.1 Å². The molecule has 92 valence electrons. The van der Waals surface area contributed by atoms with Gasteiger partial charge in [0.25, 0.3) is 0 Å². The van der Waals surface area contributed by atoms with Gasteiger partial charge in [-0.05, 0) is 45.4 Å². The molecular formula is C13H19N3O. The van der Waals surface area contributed by atoms with Crippen LogP contribution in [0.4, 0.5) is 5.69 Å². The number of hydrogen-bond donors (Lipinski definition) is 3. The third kappa shape index (κ3) is 3.45. The van der Waals surface area contributed by atoms with Crippen LogP contribution in [0.15, 0.2) is 18.2 Å². The van der Waals surface area contributed by atoms with Gasteiger partial charge in [-0.3, -0.25) is 5.32 Å². The summed E-state index contributed by atoms with van der Waals surface area (Å²) in [5, 5.41) is 22.4. The van der Waals surface area contributed by atoms with E-state index in [0.29, 0.717) is 16.8 Å². The minimum absolute atomic E-state index is 0.238. The van der Waals surface area contributed by atoms with E-state index in [2.05, 4.69) is 5.32 Å². The van der Waals surface area contributed by atoms with E-state index in [1.807, 2.05) is 26.8 Å². The molecule has 0 spiro atoms. The summed E-state index contributed by atoms with van der Waals surface area (Å²) in [6.45, 7) is 7.54. The third-order valence-corrected chi connectivity index (χ3v) is 2.35. The zero-order valence-corrected chi connectivity index (χ0v) is 10.7. The number of nitrogens with two attached hydrogens (primary N) is 1. The summed E-state index contributed by atoms with van der Waals surface area (Å²) >= 11 is 0. The van der Waals surface area contributed by atoms with Crippen LogP contribution in [-0.2, 0) is 5.72 Å². The monoisotopic (exact) mass is 233 g/mol. The van der Waals surface area contributed by atoms with Gasteiger partial charge in [-0.1, -0.05) is 6.07 Å². The average Bonchev–Trinajstić information content (AvgIpc) is 2.14. The quantitative estimate of drug-likeness (QED) is 0.536. The van der Waals surface area contributed by atoms with Crippen molar-refractivity contribution in [2.45, 2.75) is 39.0 Å². The fraction of sp³-hybridized carbons (Fsp3) is 0.462. The van der Waals surface area contributed by atoms with Crippen LogP contribution in [0.5, 0.6) is 0 Å². The summed E-state index contributed by atoms with van der Waals surface area (Å²) in [6.07, 6.45) is 0. The lowest BCUT2D eigenvalue weighted by atomic mass is 9.97. The Hall–Kier alpha value is -1.57. The number of benzene rings is 1.